The number of hydrogen-bond acceptors (Lipinski definition) is 1. The minimum atomic E-state index is -0.278. The number of aromatic nitrogens is 1. The van der Waals surface area contributed by atoms with Crippen LogP contribution in [0.25, 0.3) is 0 Å². The second-order valence-corrected chi connectivity index (χ2v) is 4.86. The lowest BCUT2D eigenvalue weighted by Gasteiger charge is -2.10. The molecule has 0 aliphatic heterocycles. The number of aryl methyl sites for hydroxylation is 1. The first kappa shape index (κ1) is 13.6. The van der Waals surface area contributed by atoms with E-state index in [0.29, 0.717) is 10.7 Å². The van der Waals surface area contributed by atoms with Crippen LogP contribution in [0, 0.1) is 6.92 Å². The molecule has 1 aromatic carbocycles. The highest BCUT2D eigenvalue weighted by Gasteiger charge is 2.23. The van der Waals surface area contributed by atoms with Crippen molar-refractivity contribution < 1.29 is 9.36 Å². The molecule has 4 heteroatoms. The van der Waals surface area contributed by atoms with Crippen molar-refractivity contribution in [2.24, 2.45) is 0 Å². The van der Waals surface area contributed by atoms with Gasteiger partial charge in [-0.25, -0.2) is 0 Å². The summed E-state index contributed by atoms with van der Waals surface area (Å²) >= 11 is 5.89. The normalized spacial score (nSPS) is 11.9. The second-order valence-electron chi connectivity index (χ2n) is 4.42. The number of nitrogens with one attached hydrogen (secondary N) is 1. The molecule has 2 rings (SSSR count). The summed E-state index contributed by atoms with van der Waals surface area (Å²) in [6.07, 6.45) is 1.90. The van der Waals surface area contributed by atoms with Gasteiger partial charge in [-0.1, -0.05) is 23.7 Å². The average Bonchev–Trinajstić information content (AvgIpc) is 2.38. The zero-order valence-corrected chi connectivity index (χ0v) is 11.7. The van der Waals surface area contributed by atoms with E-state index in [4.69, 9.17) is 11.6 Å². The molecule has 0 aliphatic rings. The SMILES string of the molecule is Cc1cccc[n+]1[C@H](C)C(=O)Nc1cccc(Cl)c1. The van der Waals surface area contributed by atoms with Gasteiger partial charge in [0.1, 0.15) is 0 Å². The highest BCUT2D eigenvalue weighted by atomic mass is 35.5. The van der Waals surface area contributed by atoms with Gasteiger partial charge in [-0.3, -0.25) is 4.79 Å². The van der Waals surface area contributed by atoms with Crippen LogP contribution >= 0.6 is 11.6 Å². The van der Waals surface area contributed by atoms with Crippen LogP contribution in [0.1, 0.15) is 18.7 Å². The zero-order valence-electron chi connectivity index (χ0n) is 10.9. The van der Waals surface area contributed by atoms with Crippen molar-refractivity contribution >= 4 is 23.2 Å². The average molecular weight is 276 g/mol. The molecule has 0 aliphatic carbocycles. The Balaban J connectivity index is 2.14. The molecule has 1 heterocycles. The number of rotatable bonds is 3. The summed E-state index contributed by atoms with van der Waals surface area (Å²) in [5.74, 6) is -0.0680. The van der Waals surface area contributed by atoms with Crippen molar-refractivity contribution in [3.8, 4) is 0 Å². The summed E-state index contributed by atoms with van der Waals surface area (Å²) in [5.41, 5.74) is 1.75. The van der Waals surface area contributed by atoms with Crippen LogP contribution in [0.4, 0.5) is 5.69 Å². The number of amides is 1. The molecule has 0 spiro atoms. The van der Waals surface area contributed by atoms with Gasteiger partial charge in [-0.05, 0) is 18.2 Å². The Bertz CT molecular complexity index is 598. The first-order valence-electron chi connectivity index (χ1n) is 6.11. The predicted octanol–water partition coefficient (Wildman–Crippen LogP) is 3.14. The summed E-state index contributed by atoms with van der Waals surface area (Å²) in [6, 6.07) is 12.7. The minimum absolute atomic E-state index is 0.0680. The molecule has 0 saturated heterocycles. The lowest BCUT2D eigenvalue weighted by Crippen LogP contribution is -2.46. The van der Waals surface area contributed by atoms with Crippen LogP contribution in [0.3, 0.4) is 0 Å². The monoisotopic (exact) mass is 275 g/mol. The van der Waals surface area contributed by atoms with Crippen LogP contribution in [0.5, 0.6) is 0 Å². The van der Waals surface area contributed by atoms with Crippen LogP contribution in [0.15, 0.2) is 48.7 Å². The molecule has 98 valence electrons. The molecule has 0 radical (unpaired) electrons. The largest absolute Gasteiger partial charge is 0.320 e. The minimum Gasteiger partial charge on any atom is -0.320 e. The summed E-state index contributed by atoms with van der Waals surface area (Å²) in [5, 5.41) is 3.47. The van der Waals surface area contributed by atoms with Crippen LogP contribution in [0.2, 0.25) is 5.02 Å². The summed E-state index contributed by atoms with van der Waals surface area (Å²) < 4.78 is 1.93. The number of hydrogen-bond donors (Lipinski definition) is 1. The molecule has 0 saturated carbocycles. The summed E-state index contributed by atoms with van der Waals surface area (Å²) in [7, 11) is 0. The van der Waals surface area contributed by atoms with Crippen molar-refractivity contribution in [2.45, 2.75) is 19.9 Å². The quantitative estimate of drug-likeness (QED) is 0.858. The predicted molar refractivity (Wildman–Crippen MR) is 76.2 cm³/mol. The molecule has 3 nitrogen and oxygen atoms in total. The van der Waals surface area contributed by atoms with Crippen molar-refractivity contribution in [1.29, 1.82) is 0 Å². The molecule has 0 unspecified atom stereocenters. The molecule has 0 fully saturated rings. The lowest BCUT2D eigenvalue weighted by molar-refractivity contribution is -0.711. The number of pyridine rings is 1. The van der Waals surface area contributed by atoms with Crippen molar-refractivity contribution in [2.75, 3.05) is 5.32 Å². The van der Waals surface area contributed by atoms with E-state index < -0.39 is 0 Å². The Hall–Kier alpha value is -1.87. The molecular formula is C15H16ClN2O+. The fraction of sp³-hybridized carbons (Fsp3) is 0.200. The first-order chi connectivity index (χ1) is 9.08. The fourth-order valence-electron chi connectivity index (χ4n) is 1.91. The van der Waals surface area contributed by atoms with Gasteiger partial charge >= 0.3 is 0 Å². The highest BCUT2D eigenvalue weighted by molar-refractivity contribution is 6.30. The third kappa shape index (κ3) is 3.32. The topological polar surface area (TPSA) is 33.0 Å². The van der Waals surface area contributed by atoms with Gasteiger partial charge in [0.25, 0.3) is 5.91 Å². The van der Waals surface area contributed by atoms with Crippen molar-refractivity contribution in [1.82, 2.24) is 0 Å². The number of carbonyl (C=O) groups excluding carboxylic acids is 1. The number of carbonyl (C=O) groups is 1. The molecule has 0 bridgehead atoms. The second kappa shape index (κ2) is 5.85. The van der Waals surface area contributed by atoms with Gasteiger partial charge in [0.2, 0.25) is 6.04 Å². The zero-order chi connectivity index (χ0) is 13.8. The Morgan fingerprint density at radius 3 is 2.74 bits per heavy atom. The van der Waals surface area contributed by atoms with Gasteiger partial charge in [-0.2, -0.15) is 4.57 Å². The Morgan fingerprint density at radius 1 is 1.26 bits per heavy atom. The molecule has 1 aromatic heterocycles. The molecule has 1 N–H and O–H groups in total. The maximum absolute atomic E-state index is 12.2. The number of benzene rings is 1. The van der Waals surface area contributed by atoms with E-state index in [1.165, 1.54) is 0 Å². The maximum atomic E-state index is 12.2. The van der Waals surface area contributed by atoms with E-state index in [1.54, 1.807) is 12.1 Å². The number of anilines is 1. The number of halogens is 1. The van der Waals surface area contributed by atoms with E-state index in [-0.39, 0.29) is 11.9 Å². The van der Waals surface area contributed by atoms with Gasteiger partial charge in [-0.15, -0.1) is 0 Å². The van der Waals surface area contributed by atoms with Crippen LogP contribution in [-0.2, 0) is 4.79 Å². The molecule has 19 heavy (non-hydrogen) atoms. The van der Waals surface area contributed by atoms with Gasteiger partial charge in [0, 0.05) is 36.7 Å². The van der Waals surface area contributed by atoms with Crippen LogP contribution in [-0.4, -0.2) is 5.91 Å². The van der Waals surface area contributed by atoms with Crippen LogP contribution < -0.4 is 9.88 Å². The van der Waals surface area contributed by atoms with E-state index in [2.05, 4.69) is 5.32 Å². The van der Waals surface area contributed by atoms with E-state index in [1.807, 2.05) is 54.9 Å². The third-order valence-corrected chi connectivity index (χ3v) is 3.23. The fourth-order valence-corrected chi connectivity index (χ4v) is 2.10. The molecule has 2 aromatic rings. The standard InChI is InChI=1S/C15H15ClN2O/c1-11-6-3-4-9-18(11)12(2)15(19)17-14-8-5-7-13(16)10-14/h3-10,12H,1-2H3/p+1/t12-/m1/s1. The maximum Gasteiger partial charge on any atom is 0.293 e. The Kier molecular flexibility index (Phi) is 4.17. The molecule has 1 amide bonds. The third-order valence-electron chi connectivity index (χ3n) is 2.99. The van der Waals surface area contributed by atoms with E-state index in [0.717, 1.165) is 5.69 Å². The molecule has 1 atom stereocenters. The first-order valence-corrected chi connectivity index (χ1v) is 6.49. The van der Waals surface area contributed by atoms with E-state index in [9.17, 15) is 4.79 Å². The van der Waals surface area contributed by atoms with Crippen molar-refractivity contribution in [3.63, 3.8) is 0 Å². The van der Waals surface area contributed by atoms with Gasteiger partial charge < -0.3 is 5.32 Å². The smallest absolute Gasteiger partial charge is 0.293 e. The van der Waals surface area contributed by atoms with Gasteiger partial charge in [0.15, 0.2) is 11.9 Å². The van der Waals surface area contributed by atoms with Crippen molar-refractivity contribution in [3.05, 3.63) is 59.4 Å². The van der Waals surface area contributed by atoms with Gasteiger partial charge in [0.05, 0.1) is 0 Å². The summed E-state index contributed by atoms with van der Waals surface area (Å²) in [6.45, 7) is 3.84. The highest BCUT2D eigenvalue weighted by Crippen LogP contribution is 2.15. The molecular weight excluding hydrogens is 260 g/mol. The summed E-state index contributed by atoms with van der Waals surface area (Å²) in [4.78, 5) is 12.2. The Morgan fingerprint density at radius 2 is 2.05 bits per heavy atom. The van der Waals surface area contributed by atoms with E-state index >= 15 is 0 Å². The Labute approximate surface area is 117 Å². The lowest BCUT2D eigenvalue weighted by atomic mass is 10.2. The number of nitrogens with zero attached hydrogens (tertiary/aromatic N) is 1.